The molecule has 0 unspecified atom stereocenters. The highest BCUT2D eigenvalue weighted by Gasteiger charge is 2.27. The summed E-state index contributed by atoms with van der Waals surface area (Å²) in [5.41, 5.74) is 4.57. The zero-order chi connectivity index (χ0) is 15.5. The molecular weight excluding hydrogens is 262 g/mol. The van der Waals surface area contributed by atoms with Gasteiger partial charge in [0.05, 0.1) is 11.3 Å². The molecule has 1 aromatic rings. The Kier molecular flexibility index (Phi) is 4.34. The second-order valence-electron chi connectivity index (χ2n) is 4.87. The van der Waals surface area contributed by atoms with Crippen LogP contribution in [-0.2, 0) is 4.79 Å². The molecule has 0 aliphatic carbocycles. The number of amides is 3. The smallest absolute Gasteiger partial charge is 0.338 e. The van der Waals surface area contributed by atoms with Crippen LogP contribution in [0.1, 0.15) is 29.8 Å². The summed E-state index contributed by atoms with van der Waals surface area (Å²) in [6.45, 7) is 4.52. The van der Waals surface area contributed by atoms with Crippen LogP contribution in [-0.4, -0.2) is 28.6 Å². The molecule has 1 rings (SSSR count). The second kappa shape index (κ2) is 5.60. The average molecular weight is 279 g/mol. The molecule has 0 radical (unpaired) electrons. The lowest BCUT2D eigenvalue weighted by Gasteiger charge is -2.22. The summed E-state index contributed by atoms with van der Waals surface area (Å²) >= 11 is 0. The average Bonchev–Trinajstić information content (AvgIpc) is 2.26. The summed E-state index contributed by atoms with van der Waals surface area (Å²) in [6.07, 6.45) is 0. The maximum absolute atomic E-state index is 11.8. The monoisotopic (exact) mass is 279 g/mol. The summed E-state index contributed by atoms with van der Waals surface area (Å²) in [4.78, 5) is 34.1. The quantitative estimate of drug-likeness (QED) is 0.658. The molecule has 0 saturated heterocycles. The summed E-state index contributed by atoms with van der Waals surface area (Å²) in [5, 5.41) is 13.9. The first-order chi connectivity index (χ1) is 9.15. The van der Waals surface area contributed by atoms with Crippen LogP contribution in [0.15, 0.2) is 18.2 Å². The highest BCUT2D eigenvalue weighted by Crippen LogP contribution is 2.19. The molecule has 7 nitrogen and oxygen atoms in total. The number of aryl methyl sites for hydroxylation is 1. The van der Waals surface area contributed by atoms with E-state index in [0.717, 1.165) is 0 Å². The molecular formula is C13H17N3O4. The van der Waals surface area contributed by atoms with Crippen molar-refractivity contribution in [3.8, 4) is 0 Å². The number of nitrogens with two attached hydrogens (primary N) is 1. The first kappa shape index (κ1) is 15.5. The van der Waals surface area contributed by atoms with Crippen LogP contribution in [0.5, 0.6) is 0 Å². The molecule has 0 saturated carbocycles. The van der Waals surface area contributed by atoms with E-state index in [0.29, 0.717) is 5.56 Å². The van der Waals surface area contributed by atoms with E-state index >= 15 is 0 Å². The van der Waals surface area contributed by atoms with E-state index in [9.17, 15) is 14.4 Å². The van der Waals surface area contributed by atoms with Crippen LogP contribution in [0.4, 0.5) is 10.5 Å². The number of rotatable bonds is 4. The Morgan fingerprint density at radius 1 is 1.25 bits per heavy atom. The number of aromatic carboxylic acids is 1. The highest BCUT2D eigenvalue weighted by molar-refractivity contribution is 6.02. The third-order valence-corrected chi connectivity index (χ3v) is 2.78. The molecule has 0 heterocycles. The fourth-order valence-corrected chi connectivity index (χ4v) is 1.55. The van der Waals surface area contributed by atoms with Gasteiger partial charge in [-0.2, -0.15) is 0 Å². The van der Waals surface area contributed by atoms with Gasteiger partial charge in [-0.25, -0.2) is 9.59 Å². The molecule has 5 N–H and O–H groups in total. The summed E-state index contributed by atoms with van der Waals surface area (Å²) in [5.74, 6) is -1.84. The molecule has 1 aromatic carbocycles. The number of primary amides is 1. The van der Waals surface area contributed by atoms with Crippen molar-refractivity contribution in [1.82, 2.24) is 5.32 Å². The molecule has 0 aliphatic heterocycles. The largest absolute Gasteiger partial charge is 0.478 e. The SMILES string of the molecule is Cc1cccc(NC(=O)NC(C)(C)C(N)=O)c1C(=O)O. The van der Waals surface area contributed by atoms with Gasteiger partial charge in [0, 0.05) is 0 Å². The number of carbonyl (C=O) groups excluding carboxylic acids is 2. The molecule has 3 amide bonds. The van der Waals surface area contributed by atoms with E-state index in [1.807, 2.05) is 0 Å². The Bertz CT molecular complexity index is 567. The maximum atomic E-state index is 11.8. The maximum Gasteiger partial charge on any atom is 0.338 e. The number of benzene rings is 1. The number of anilines is 1. The molecule has 0 aromatic heterocycles. The third kappa shape index (κ3) is 3.47. The predicted octanol–water partition coefficient (Wildman–Crippen LogP) is 1.08. The zero-order valence-corrected chi connectivity index (χ0v) is 11.5. The van der Waals surface area contributed by atoms with E-state index in [2.05, 4.69) is 10.6 Å². The lowest BCUT2D eigenvalue weighted by Crippen LogP contribution is -2.54. The normalized spacial score (nSPS) is 10.8. The lowest BCUT2D eigenvalue weighted by atomic mass is 10.1. The number of carboxylic acid groups (broad SMARTS) is 1. The van der Waals surface area contributed by atoms with E-state index < -0.39 is 23.4 Å². The molecule has 0 atom stereocenters. The van der Waals surface area contributed by atoms with Crippen LogP contribution in [0.3, 0.4) is 0 Å². The van der Waals surface area contributed by atoms with E-state index in [1.54, 1.807) is 19.1 Å². The third-order valence-electron chi connectivity index (χ3n) is 2.78. The van der Waals surface area contributed by atoms with Crippen molar-refractivity contribution in [2.75, 3.05) is 5.32 Å². The minimum absolute atomic E-state index is 0.000434. The molecule has 0 spiro atoms. The molecule has 0 bridgehead atoms. The van der Waals surface area contributed by atoms with Gasteiger partial charge in [0.15, 0.2) is 0 Å². The fraction of sp³-hybridized carbons (Fsp3) is 0.308. The van der Waals surface area contributed by atoms with Gasteiger partial charge < -0.3 is 21.5 Å². The van der Waals surface area contributed by atoms with Gasteiger partial charge in [-0.05, 0) is 32.4 Å². The topological polar surface area (TPSA) is 122 Å². The van der Waals surface area contributed by atoms with Gasteiger partial charge in [-0.3, -0.25) is 4.79 Å². The van der Waals surface area contributed by atoms with Gasteiger partial charge in [0.1, 0.15) is 5.54 Å². The minimum Gasteiger partial charge on any atom is -0.478 e. The van der Waals surface area contributed by atoms with E-state index in [1.165, 1.54) is 19.9 Å². The lowest BCUT2D eigenvalue weighted by molar-refractivity contribution is -0.122. The minimum atomic E-state index is -1.24. The Balaban J connectivity index is 2.95. The summed E-state index contributed by atoms with van der Waals surface area (Å²) in [7, 11) is 0. The van der Waals surface area contributed by atoms with Gasteiger partial charge >= 0.3 is 12.0 Å². The molecule has 20 heavy (non-hydrogen) atoms. The fourth-order valence-electron chi connectivity index (χ4n) is 1.55. The van der Waals surface area contributed by atoms with Crippen LogP contribution in [0, 0.1) is 6.92 Å². The van der Waals surface area contributed by atoms with Gasteiger partial charge in [-0.1, -0.05) is 12.1 Å². The van der Waals surface area contributed by atoms with Gasteiger partial charge in [0.25, 0.3) is 0 Å². The Hall–Kier alpha value is -2.57. The number of carboxylic acids is 1. The van der Waals surface area contributed by atoms with Crippen molar-refractivity contribution in [3.05, 3.63) is 29.3 Å². The molecule has 0 fully saturated rings. The van der Waals surface area contributed by atoms with E-state index in [-0.39, 0.29) is 11.3 Å². The van der Waals surface area contributed by atoms with Crippen LogP contribution in [0.2, 0.25) is 0 Å². The van der Waals surface area contributed by atoms with Crippen LogP contribution < -0.4 is 16.4 Å². The van der Waals surface area contributed by atoms with Crippen LogP contribution in [0.25, 0.3) is 0 Å². The highest BCUT2D eigenvalue weighted by atomic mass is 16.4. The number of hydrogen-bond donors (Lipinski definition) is 4. The van der Waals surface area contributed by atoms with Crippen molar-refractivity contribution >= 4 is 23.6 Å². The number of urea groups is 1. The molecule has 7 heteroatoms. The van der Waals surface area contributed by atoms with E-state index in [4.69, 9.17) is 10.8 Å². The number of carbonyl (C=O) groups is 3. The Morgan fingerprint density at radius 2 is 1.85 bits per heavy atom. The summed E-state index contributed by atoms with van der Waals surface area (Å²) in [6, 6.07) is 4.01. The first-order valence-electron chi connectivity index (χ1n) is 5.87. The number of nitrogens with one attached hydrogen (secondary N) is 2. The van der Waals surface area contributed by atoms with Gasteiger partial charge in [0.2, 0.25) is 5.91 Å². The predicted molar refractivity (Wildman–Crippen MR) is 73.6 cm³/mol. The van der Waals surface area contributed by atoms with Crippen molar-refractivity contribution in [1.29, 1.82) is 0 Å². The standard InChI is InChI=1S/C13H17N3O4/c1-7-5-4-6-8(9(7)10(17)18)15-12(20)16-13(2,3)11(14)19/h4-6H,1-3H3,(H2,14,19)(H,17,18)(H2,15,16,20). The first-order valence-corrected chi connectivity index (χ1v) is 5.87. The Morgan fingerprint density at radius 3 is 2.35 bits per heavy atom. The second-order valence-corrected chi connectivity index (χ2v) is 4.87. The summed E-state index contributed by atoms with van der Waals surface area (Å²) < 4.78 is 0. The molecule has 108 valence electrons. The van der Waals surface area contributed by atoms with Crippen LogP contribution >= 0.6 is 0 Å². The Labute approximate surface area is 116 Å². The van der Waals surface area contributed by atoms with Crippen molar-refractivity contribution in [2.45, 2.75) is 26.3 Å². The zero-order valence-electron chi connectivity index (χ0n) is 11.5. The number of hydrogen-bond acceptors (Lipinski definition) is 3. The van der Waals surface area contributed by atoms with Crippen molar-refractivity contribution in [3.63, 3.8) is 0 Å². The van der Waals surface area contributed by atoms with Crippen molar-refractivity contribution < 1.29 is 19.5 Å². The molecule has 0 aliphatic rings. The van der Waals surface area contributed by atoms with Gasteiger partial charge in [-0.15, -0.1) is 0 Å². The van der Waals surface area contributed by atoms with Crippen molar-refractivity contribution in [2.24, 2.45) is 5.73 Å².